The van der Waals surface area contributed by atoms with Crippen LogP contribution >= 0.6 is 0 Å². The molecule has 0 heterocycles. The monoisotopic (exact) mass is 219 g/mol. The van der Waals surface area contributed by atoms with Crippen LogP contribution in [0.15, 0.2) is 5.16 Å². The van der Waals surface area contributed by atoms with Gasteiger partial charge in [-0.2, -0.15) is 0 Å². The maximum absolute atomic E-state index is 8.53. The molecule has 0 fully saturated rings. The average molecular weight is 219 g/mol. The minimum absolute atomic E-state index is 0.0319. The Hall–Kier alpha value is -0.850. The van der Waals surface area contributed by atoms with Crippen LogP contribution in [0.25, 0.3) is 0 Å². The number of rotatable bonds is 8. The van der Waals surface area contributed by atoms with Gasteiger partial charge in [-0.1, -0.05) is 12.1 Å². The first-order valence-corrected chi connectivity index (χ1v) is 4.92. The highest BCUT2D eigenvalue weighted by atomic mass is 16.5. The molecule has 4 N–H and O–H groups in total. The minimum atomic E-state index is -0.135. The molecule has 0 aromatic carbocycles. The summed E-state index contributed by atoms with van der Waals surface area (Å²) < 4.78 is 10.1. The van der Waals surface area contributed by atoms with Gasteiger partial charge in [0, 0.05) is 20.8 Å². The summed E-state index contributed by atoms with van der Waals surface area (Å²) in [4.78, 5) is 0. The molecule has 0 saturated heterocycles. The summed E-state index contributed by atoms with van der Waals surface area (Å²) in [6, 6.07) is -0.135. The number of nitrogens with zero attached hydrogens (tertiary/aromatic N) is 1. The zero-order valence-electron chi connectivity index (χ0n) is 9.56. The van der Waals surface area contributed by atoms with Crippen molar-refractivity contribution in [2.24, 2.45) is 10.9 Å². The van der Waals surface area contributed by atoms with E-state index in [1.807, 2.05) is 6.92 Å². The van der Waals surface area contributed by atoms with Crippen LogP contribution in [-0.4, -0.2) is 50.6 Å². The molecule has 0 amide bonds. The topological polar surface area (TPSA) is 89.1 Å². The van der Waals surface area contributed by atoms with E-state index >= 15 is 0 Å². The van der Waals surface area contributed by atoms with Crippen molar-refractivity contribution in [3.05, 3.63) is 0 Å². The summed E-state index contributed by atoms with van der Waals surface area (Å²) in [5.74, 6) is 0.185. The third kappa shape index (κ3) is 5.56. The van der Waals surface area contributed by atoms with E-state index in [1.54, 1.807) is 14.2 Å². The van der Waals surface area contributed by atoms with E-state index < -0.39 is 0 Å². The van der Waals surface area contributed by atoms with Gasteiger partial charge in [0.25, 0.3) is 0 Å². The fraction of sp³-hybridized carbons (Fsp3) is 0.889. The first-order valence-electron chi connectivity index (χ1n) is 4.92. The van der Waals surface area contributed by atoms with Crippen molar-refractivity contribution in [1.29, 1.82) is 0 Å². The van der Waals surface area contributed by atoms with E-state index in [9.17, 15) is 0 Å². The van der Waals surface area contributed by atoms with Gasteiger partial charge in [0.2, 0.25) is 0 Å². The van der Waals surface area contributed by atoms with Gasteiger partial charge in [-0.3, -0.25) is 0 Å². The predicted octanol–water partition coefficient (Wildman–Crippen LogP) is -0.238. The van der Waals surface area contributed by atoms with Crippen LogP contribution in [0.1, 0.15) is 13.3 Å². The van der Waals surface area contributed by atoms with Gasteiger partial charge in [-0.15, -0.1) is 0 Å². The maximum atomic E-state index is 8.53. The lowest BCUT2D eigenvalue weighted by Crippen LogP contribution is -2.45. The quantitative estimate of drug-likeness (QED) is 0.227. The van der Waals surface area contributed by atoms with Gasteiger partial charge in [-0.25, -0.2) is 0 Å². The van der Waals surface area contributed by atoms with E-state index in [0.717, 1.165) is 6.42 Å². The van der Waals surface area contributed by atoms with Gasteiger partial charge >= 0.3 is 0 Å². The number of methoxy groups -OCH3 is 2. The average Bonchev–Trinajstić information content (AvgIpc) is 2.27. The third-order valence-corrected chi connectivity index (χ3v) is 2.16. The largest absolute Gasteiger partial charge is 0.409 e. The molecule has 0 aliphatic rings. The molecule has 0 radical (unpaired) electrons. The maximum Gasteiger partial charge on any atom is 0.156 e. The number of oxime groups is 1. The Morgan fingerprint density at radius 1 is 1.53 bits per heavy atom. The number of nitrogens with two attached hydrogens (primary N) is 1. The molecule has 6 nitrogen and oxygen atoms in total. The van der Waals surface area contributed by atoms with Crippen molar-refractivity contribution in [3.63, 3.8) is 0 Å². The van der Waals surface area contributed by atoms with Crippen molar-refractivity contribution in [1.82, 2.24) is 5.32 Å². The van der Waals surface area contributed by atoms with Crippen LogP contribution in [-0.2, 0) is 9.47 Å². The van der Waals surface area contributed by atoms with Crippen molar-refractivity contribution >= 4 is 5.84 Å². The van der Waals surface area contributed by atoms with E-state index in [1.165, 1.54) is 0 Å². The molecule has 0 aliphatic carbocycles. The van der Waals surface area contributed by atoms with Crippen molar-refractivity contribution in [2.45, 2.75) is 25.5 Å². The summed E-state index contributed by atoms with van der Waals surface area (Å²) in [7, 11) is 3.24. The number of ether oxygens (including phenoxy) is 2. The second kappa shape index (κ2) is 8.46. The van der Waals surface area contributed by atoms with Crippen LogP contribution in [0.3, 0.4) is 0 Å². The van der Waals surface area contributed by atoms with E-state index in [2.05, 4.69) is 10.5 Å². The Labute approximate surface area is 90.4 Å². The highest BCUT2D eigenvalue weighted by Gasteiger charge is 2.14. The highest BCUT2D eigenvalue weighted by Crippen LogP contribution is 1.94. The Morgan fingerprint density at radius 2 is 2.20 bits per heavy atom. The third-order valence-electron chi connectivity index (χ3n) is 2.16. The van der Waals surface area contributed by atoms with Gasteiger partial charge < -0.3 is 25.7 Å². The summed E-state index contributed by atoms with van der Waals surface area (Å²) in [6.45, 7) is 3.06. The number of hydrogen-bond acceptors (Lipinski definition) is 5. The molecule has 0 bridgehead atoms. The molecule has 0 aromatic heterocycles. The molecular formula is C9H21N3O3. The van der Waals surface area contributed by atoms with Crippen LogP contribution in [0, 0.1) is 0 Å². The molecule has 90 valence electrons. The SMILES string of the molecule is CCC(NCC(COC)OC)C(N)=NO. The molecule has 6 heteroatoms. The van der Waals surface area contributed by atoms with Crippen molar-refractivity contribution in [3.8, 4) is 0 Å². The fourth-order valence-corrected chi connectivity index (χ4v) is 1.20. The molecule has 2 atom stereocenters. The Kier molecular flexibility index (Phi) is 7.98. The highest BCUT2D eigenvalue weighted by molar-refractivity contribution is 5.85. The normalized spacial score (nSPS) is 16.3. The lowest BCUT2D eigenvalue weighted by molar-refractivity contribution is 0.0282. The van der Waals surface area contributed by atoms with E-state index in [0.29, 0.717) is 13.2 Å². The molecule has 0 aromatic rings. The summed E-state index contributed by atoms with van der Waals surface area (Å²) >= 11 is 0. The van der Waals surface area contributed by atoms with Crippen LogP contribution in [0.5, 0.6) is 0 Å². The standard InChI is InChI=1S/C9H21N3O3/c1-4-8(9(10)12-13)11-5-7(15-3)6-14-2/h7-8,11,13H,4-6H2,1-3H3,(H2,10,12). The Bertz CT molecular complexity index is 187. The lowest BCUT2D eigenvalue weighted by Gasteiger charge is -2.20. The molecule has 0 rings (SSSR count). The molecule has 15 heavy (non-hydrogen) atoms. The molecule has 2 unspecified atom stereocenters. The van der Waals surface area contributed by atoms with Crippen molar-refractivity contribution < 1.29 is 14.7 Å². The first kappa shape index (κ1) is 14.2. The summed E-state index contributed by atoms with van der Waals surface area (Å²) in [5.41, 5.74) is 5.49. The van der Waals surface area contributed by atoms with Gasteiger partial charge in [0.05, 0.1) is 18.8 Å². The summed E-state index contributed by atoms with van der Waals surface area (Å²) in [6.07, 6.45) is 0.717. The Balaban J connectivity index is 3.97. The smallest absolute Gasteiger partial charge is 0.156 e. The van der Waals surface area contributed by atoms with Gasteiger partial charge in [-0.05, 0) is 6.42 Å². The summed E-state index contributed by atoms with van der Waals surface area (Å²) in [5, 5.41) is 14.6. The zero-order valence-corrected chi connectivity index (χ0v) is 9.56. The number of hydrogen-bond donors (Lipinski definition) is 3. The second-order valence-corrected chi connectivity index (χ2v) is 3.21. The van der Waals surface area contributed by atoms with E-state index in [-0.39, 0.29) is 18.0 Å². The zero-order chi connectivity index (χ0) is 11.7. The predicted molar refractivity (Wildman–Crippen MR) is 58.2 cm³/mol. The lowest BCUT2D eigenvalue weighted by atomic mass is 10.2. The molecule has 0 spiro atoms. The van der Waals surface area contributed by atoms with Crippen LogP contribution in [0.2, 0.25) is 0 Å². The molecule has 0 aliphatic heterocycles. The molecular weight excluding hydrogens is 198 g/mol. The number of amidine groups is 1. The fourth-order valence-electron chi connectivity index (χ4n) is 1.20. The van der Waals surface area contributed by atoms with Crippen LogP contribution < -0.4 is 11.1 Å². The number of nitrogens with one attached hydrogen (secondary N) is 1. The minimum Gasteiger partial charge on any atom is -0.409 e. The van der Waals surface area contributed by atoms with Gasteiger partial charge in [0.15, 0.2) is 5.84 Å². The van der Waals surface area contributed by atoms with Gasteiger partial charge in [0.1, 0.15) is 0 Å². The van der Waals surface area contributed by atoms with E-state index in [4.69, 9.17) is 20.4 Å². The second-order valence-electron chi connectivity index (χ2n) is 3.21. The van der Waals surface area contributed by atoms with Crippen LogP contribution in [0.4, 0.5) is 0 Å². The molecule has 0 saturated carbocycles. The Morgan fingerprint density at radius 3 is 2.60 bits per heavy atom. The van der Waals surface area contributed by atoms with Crippen molar-refractivity contribution in [2.75, 3.05) is 27.4 Å². The first-order chi connectivity index (χ1) is 7.19.